The van der Waals surface area contributed by atoms with Crippen molar-refractivity contribution in [1.82, 2.24) is 15.5 Å². The van der Waals surface area contributed by atoms with E-state index in [4.69, 9.17) is 9.47 Å². The summed E-state index contributed by atoms with van der Waals surface area (Å²) in [6.07, 6.45) is -0.465. The molecule has 0 aromatic heterocycles. The van der Waals surface area contributed by atoms with E-state index in [2.05, 4.69) is 39.8 Å². The smallest absolute Gasteiger partial charge is 0.408 e. The molecule has 2 amide bonds. The molecule has 2 aromatic rings. The zero-order valence-electron chi connectivity index (χ0n) is 20.0. The number of nitrogens with one attached hydrogen (secondary N) is 2. The van der Waals surface area contributed by atoms with Crippen LogP contribution in [0.5, 0.6) is 0 Å². The maximum absolute atomic E-state index is 12.5. The lowest BCUT2D eigenvalue weighted by Crippen LogP contribution is -2.35. The SMILES string of the molecule is C[C@@H](NC(=O)OC(C)(C)C)c1ccc(C(=O)NCc2ccc(CN3CCOCC3)cc2)cc1. The molecule has 0 spiro atoms. The first-order valence-electron chi connectivity index (χ1n) is 11.5. The molecule has 0 bridgehead atoms. The predicted molar refractivity (Wildman–Crippen MR) is 128 cm³/mol. The molecule has 1 atom stereocenters. The third kappa shape index (κ3) is 8.18. The van der Waals surface area contributed by atoms with E-state index in [1.54, 1.807) is 12.1 Å². The van der Waals surface area contributed by atoms with E-state index < -0.39 is 11.7 Å². The van der Waals surface area contributed by atoms with E-state index in [1.165, 1.54) is 5.56 Å². The average molecular weight is 454 g/mol. The first-order valence-corrected chi connectivity index (χ1v) is 11.5. The first-order chi connectivity index (χ1) is 15.7. The molecule has 1 aliphatic rings. The lowest BCUT2D eigenvalue weighted by molar-refractivity contribution is 0.0342. The molecule has 1 aliphatic heterocycles. The van der Waals surface area contributed by atoms with Crippen LogP contribution >= 0.6 is 0 Å². The highest BCUT2D eigenvalue weighted by Gasteiger charge is 2.18. The van der Waals surface area contributed by atoms with Gasteiger partial charge in [0.25, 0.3) is 5.91 Å². The van der Waals surface area contributed by atoms with Crippen LogP contribution in [0.25, 0.3) is 0 Å². The summed E-state index contributed by atoms with van der Waals surface area (Å²) >= 11 is 0. The van der Waals surface area contributed by atoms with Gasteiger partial charge in [-0.3, -0.25) is 9.69 Å². The average Bonchev–Trinajstić information content (AvgIpc) is 2.78. The van der Waals surface area contributed by atoms with Gasteiger partial charge in [-0.1, -0.05) is 36.4 Å². The van der Waals surface area contributed by atoms with Crippen molar-refractivity contribution in [3.63, 3.8) is 0 Å². The molecule has 178 valence electrons. The Morgan fingerprint density at radius 3 is 2.21 bits per heavy atom. The second kappa shape index (κ2) is 11.3. The minimum Gasteiger partial charge on any atom is -0.444 e. The summed E-state index contributed by atoms with van der Waals surface area (Å²) in [4.78, 5) is 26.9. The third-order valence-corrected chi connectivity index (χ3v) is 5.39. The molecule has 1 saturated heterocycles. The zero-order valence-corrected chi connectivity index (χ0v) is 20.0. The lowest BCUT2D eigenvalue weighted by Gasteiger charge is -2.26. The van der Waals surface area contributed by atoms with E-state index in [-0.39, 0.29) is 11.9 Å². The van der Waals surface area contributed by atoms with E-state index >= 15 is 0 Å². The molecule has 2 aromatic carbocycles. The number of carbonyl (C=O) groups is 2. The summed E-state index contributed by atoms with van der Waals surface area (Å²) in [5, 5.41) is 5.77. The molecular formula is C26H35N3O4. The number of alkyl carbamates (subject to hydrolysis) is 1. The second-order valence-corrected chi connectivity index (χ2v) is 9.38. The van der Waals surface area contributed by atoms with Crippen molar-refractivity contribution in [2.75, 3.05) is 26.3 Å². The maximum atomic E-state index is 12.5. The van der Waals surface area contributed by atoms with Crippen LogP contribution in [0.15, 0.2) is 48.5 Å². The number of carbonyl (C=O) groups excluding carboxylic acids is 2. The molecular weight excluding hydrogens is 418 g/mol. The highest BCUT2D eigenvalue weighted by molar-refractivity contribution is 5.94. The van der Waals surface area contributed by atoms with Gasteiger partial charge in [0.05, 0.1) is 19.3 Å². The summed E-state index contributed by atoms with van der Waals surface area (Å²) in [6.45, 7) is 12.3. The van der Waals surface area contributed by atoms with Gasteiger partial charge < -0.3 is 20.1 Å². The van der Waals surface area contributed by atoms with Crippen molar-refractivity contribution in [2.24, 2.45) is 0 Å². The number of benzene rings is 2. The Morgan fingerprint density at radius 1 is 1.00 bits per heavy atom. The highest BCUT2D eigenvalue weighted by Crippen LogP contribution is 2.15. The molecule has 1 fully saturated rings. The quantitative estimate of drug-likeness (QED) is 0.662. The van der Waals surface area contributed by atoms with Crippen LogP contribution in [0.4, 0.5) is 4.79 Å². The summed E-state index contributed by atoms with van der Waals surface area (Å²) < 4.78 is 10.7. The molecule has 7 nitrogen and oxygen atoms in total. The van der Waals surface area contributed by atoms with Gasteiger partial charge >= 0.3 is 6.09 Å². The molecule has 33 heavy (non-hydrogen) atoms. The molecule has 0 radical (unpaired) electrons. The van der Waals surface area contributed by atoms with E-state index in [0.29, 0.717) is 12.1 Å². The number of amides is 2. The Balaban J connectivity index is 1.46. The summed E-state index contributed by atoms with van der Waals surface area (Å²) in [6, 6.07) is 15.3. The Morgan fingerprint density at radius 2 is 1.61 bits per heavy atom. The van der Waals surface area contributed by atoms with Crippen LogP contribution in [-0.2, 0) is 22.6 Å². The van der Waals surface area contributed by atoms with Crippen LogP contribution in [0.2, 0.25) is 0 Å². The van der Waals surface area contributed by atoms with Crippen molar-refractivity contribution in [1.29, 1.82) is 0 Å². The van der Waals surface area contributed by atoms with Crippen molar-refractivity contribution in [3.8, 4) is 0 Å². The van der Waals surface area contributed by atoms with Crippen LogP contribution in [0.1, 0.15) is 60.8 Å². The largest absolute Gasteiger partial charge is 0.444 e. The minimum atomic E-state index is -0.547. The van der Waals surface area contributed by atoms with Crippen molar-refractivity contribution in [2.45, 2.75) is 52.4 Å². The Hall–Kier alpha value is -2.90. The number of morpholine rings is 1. The Bertz CT molecular complexity index is 914. The molecule has 2 N–H and O–H groups in total. The topological polar surface area (TPSA) is 79.9 Å². The van der Waals surface area contributed by atoms with Gasteiger partial charge in [-0.2, -0.15) is 0 Å². The van der Waals surface area contributed by atoms with Gasteiger partial charge in [0.2, 0.25) is 0 Å². The van der Waals surface area contributed by atoms with Gasteiger partial charge in [0.15, 0.2) is 0 Å². The zero-order chi connectivity index (χ0) is 23.8. The highest BCUT2D eigenvalue weighted by atomic mass is 16.6. The Labute approximate surface area is 196 Å². The standard InChI is InChI=1S/C26H35N3O4/c1-19(28-25(31)33-26(2,3)4)22-9-11-23(12-10-22)24(30)27-17-20-5-7-21(8-6-20)18-29-13-15-32-16-14-29/h5-12,19H,13-18H2,1-4H3,(H,27,30)(H,28,31)/t19-/m1/s1. The van der Waals surface area contributed by atoms with Gasteiger partial charge in [-0.05, 0) is 56.5 Å². The fraction of sp³-hybridized carbons (Fsp3) is 0.462. The van der Waals surface area contributed by atoms with Crippen molar-refractivity contribution < 1.29 is 19.1 Å². The number of rotatable bonds is 7. The van der Waals surface area contributed by atoms with E-state index in [9.17, 15) is 9.59 Å². The number of nitrogens with zero attached hydrogens (tertiary/aromatic N) is 1. The fourth-order valence-electron chi connectivity index (χ4n) is 3.56. The van der Waals surface area contributed by atoms with Crippen LogP contribution in [0, 0.1) is 0 Å². The second-order valence-electron chi connectivity index (χ2n) is 9.38. The Kier molecular flexibility index (Phi) is 8.47. The molecule has 7 heteroatoms. The van der Waals surface area contributed by atoms with Crippen LogP contribution < -0.4 is 10.6 Å². The van der Waals surface area contributed by atoms with Crippen LogP contribution in [-0.4, -0.2) is 48.8 Å². The van der Waals surface area contributed by atoms with E-state index in [1.807, 2.05) is 39.8 Å². The van der Waals surface area contributed by atoms with E-state index in [0.717, 1.165) is 44.0 Å². The van der Waals surface area contributed by atoms with Gasteiger partial charge in [0.1, 0.15) is 5.60 Å². The minimum absolute atomic E-state index is 0.133. The van der Waals surface area contributed by atoms with Gasteiger partial charge in [0, 0.05) is 31.7 Å². The number of hydrogen-bond acceptors (Lipinski definition) is 5. The monoisotopic (exact) mass is 453 g/mol. The summed E-state index contributed by atoms with van der Waals surface area (Å²) in [7, 11) is 0. The first kappa shape index (κ1) is 24.7. The molecule has 3 rings (SSSR count). The van der Waals surface area contributed by atoms with Gasteiger partial charge in [-0.15, -0.1) is 0 Å². The number of hydrogen-bond donors (Lipinski definition) is 2. The van der Waals surface area contributed by atoms with Gasteiger partial charge in [-0.25, -0.2) is 4.79 Å². The van der Waals surface area contributed by atoms with Crippen LogP contribution in [0.3, 0.4) is 0 Å². The summed E-state index contributed by atoms with van der Waals surface area (Å²) in [5.74, 6) is -0.133. The molecule has 0 aliphatic carbocycles. The predicted octanol–water partition coefficient (Wildman–Crippen LogP) is 4.03. The third-order valence-electron chi connectivity index (χ3n) is 5.39. The molecule has 0 saturated carbocycles. The van der Waals surface area contributed by atoms with Crippen molar-refractivity contribution >= 4 is 12.0 Å². The molecule has 0 unspecified atom stereocenters. The number of ether oxygens (including phenoxy) is 2. The normalized spacial score (nSPS) is 15.5. The molecule has 1 heterocycles. The summed E-state index contributed by atoms with van der Waals surface area (Å²) in [5.41, 5.74) is 3.24. The maximum Gasteiger partial charge on any atom is 0.408 e. The fourth-order valence-corrected chi connectivity index (χ4v) is 3.56. The lowest BCUT2D eigenvalue weighted by atomic mass is 10.1. The van der Waals surface area contributed by atoms with Crippen molar-refractivity contribution in [3.05, 3.63) is 70.8 Å².